The maximum atomic E-state index is 13.1. The molecule has 0 spiro atoms. The Labute approximate surface area is 180 Å². The van der Waals surface area contributed by atoms with E-state index >= 15 is 0 Å². The number of nitrogens with zero attached hydrogens (tertiary/aromatic N) is 1. The summed E-state index contributed by atoms with van der Waals surface area (Å²) in [6, 6.07) is 17.1. The number of hydrogen-bond donors (Lipinski definition) is 1. The zero-order valence-electron chi connectivity index (χ0n) is 18.4. The van der Waals surface area contributed by atoms with Gasteiger partial charge in [0, 0.05) is 19.5 Å². The van der Waals surface area contributed by atoms with Crippen LogP contribution in [0.4, 0.5) is 0 Å². The van der Waals surface area contributed by atoms with Gasteiger partial charge in [0.2, 0.25) is 11.8 Å². The molecule has 0 unspecified atom stereocenters. The number of carbonyl (C=O) groups is 2. The molecule has 0 saturated carbocycles. The van der Waals surface area contributed by atoms with Gasteiger partial charge in [-0.25, -0.2) is 0 Å². The van der Waals surface area contributed by atoms with Gasteiger partial charge in [0.1, 0.15) is 11.8 Å². The van der Waals surface area contributed by atoms with Crippen molar-refractivity contribution in [3.63, 3.8) is 0 Å². The molecule has 2 rings (SSSR count). The highest BCUT2D eigenvalue weighted by atomic mass is 16.5. The Morgan fingerprint density at radius 1 is 1.03 bits per heavy atom. The molecule has 5 nitrogen and oxygen atoms in total. The summed E-state index contributed by atoms with van der Waals surface area (Å²) in [5.41, 5.74) is 2.18. The highest BCUT2D eigenvalue weighted by molar-refractivity contribution is 5.87. The van der Waals surface area contributed by atoms with E-state index in [2.05, 4.69) is 5.32 Å². The van der Waals surface area contributed by atoms with Crippen LogP contribution in [0.3, 0.4) is 0 Å². The molecule has 2 aromatic carbocycles. The number of hydrogen-bond acceptors (Lipinski definition) is 3. The van der Waals surface area contributed by atoms with E-state index in [1.54, 1.807) is 4.90 Å². The van der Waals surface area contributed by atoms with E-state index in [0.29, 0.717) is 39.0 Å². The largest absolute Gasteiger partial charge is 0.494 e. The van der Waals surface area contributed by atoms with Crippen LogP contribution in [0.5, 0.6) is 5.75 Å². The van der Waals surface area contributed by atoms with Gasteiger partial charge in [-0.15, -0.1) is 0 Å². The Morgan fingerprint density at radius 3 is 2.40 bits per heavy atom. The summed E-state index contributed by atoms with van der Waals surface area (Å²) in [5.74, 6) is 0.697. The molecule has 0 heterocycles. The van der Waals surface area contributed by atoms with Crippen molar-refractivity contribution in [1.29, 1.82) is 0 Å². The molecule has 30 heavy (non-hydrogen) atoms. The first-order valence-corrected chi connectivity index (χ1v) is 10.9. The van der Waals surface area contributed by atoms with E-state index in [-0.39, 0.29) is 11.8 Å². The Kier molecular flexibility index (Phi) is 9.92. The molecule has 2 aromatic rings. The number of aryl methyl sites for hydroxylation is 1. The van der Waals surface area contributed by atoms with E-state index in [1.807, 2.05) is 75.4 Å². The van der Waals surface area contributed by atoms with Crippen LogP contribution >= 0.6 is 0 Å². The molecule has 0 bridgehead atoms. The number of para-hydroxylation sites is 1. The molecule has 0 radical (unpaired) electrons. The molecule has 1 atom stereocenters. The molecular formula is C25H34N2O3. The van der Waals surface area contributed by atoms with Crippen molar-refractivity contribution in [2.45, 2.75) is 59.0 Å². The summed E-state index contributed by atoms with van der Waals surface area (Å²) in [6.07, 6.45) is 2.39. The highest BCUT2D eigenvalue weighted by Crippen LogP contribution is 2.17. The van der Waals surface area contributed by atoms with Gasteiger partial charge < -0.3 is 15.0 Å². The van der Waals surface area contributed by atoms with Crippen LogP contribution in [-0.2, 0) is 16.1 Å². The zero-order valence-corrected chi connectivity index (χ0v) is 18.4. The third-order valence-corrected chi connectivity index (χ3v) is 5.08. The van der Waals surface area contributed by atoms with E-state index in [1.165, 1.54) is 0 Å². The van der Waals surface area contributed by atoms with Crippen molar-refractivity contribution in [2.75, 3.05) is 13.2 Å². The average molecular weight is 411 g/mol. The van der Waals surface area contributed by atoms with Gasteiger partial charge in [0.05, 0.1) is 6.61 Å². The van der Waals surface area contributed by atoms with Crippen molar-refractivity contribution < 1.29 is 14.3 Å². The first kappa shape index (κ1) is 23.5. The minimum atomic E-state index is -0.473. The molecule has 162 valence electrons. The minimum Gasteiger partial charge on any atom is -0.494 e. The molecule has 0 aliphatic heterocycles. The lowest BCUT2D eigenvalue weighted by Crippen LogP contribution is -2.49. The van der Waals surface area contributed by atoms with E-state index in [9.17, 15) is 9.59 Å². The number of benzene rings is 2. The smallest absolute Gasteiger partial charge is 0.242 e. The molecule has 2 amide bonds. The average Bonchev–Trinajstić information content (AvgIpc) is 2.77. The summed E-state index contributed by atoms with van der Waals surface area (Å²) >= 11 is 0. The summed E-state index contributed by atoms with van der Waals surface area (Å²) in [5, 5.41) is 2.95. The summed E-state index contributed by atoms with van der Waals surface area (Å²) in [7, 11) is 0. The van der Waals surface area contributed by atoms with E-state index in [4.69, 9.17) is 4.74 Å². The number of rotatable bonds is 12. The van der Waals surface area contributed by atoms with Crippen LogP contribution in [-0.4, -0.2) is 35.9 Å². The van der Waals surface area contributed by atoms with Gasteiger partial charge in [-0.1, -0.05) is 56.3 Å². The van der Waals surface area contributed by atoms with Crippen LogP contribution in [0.2, 0.25) is 0 Å². The van der Waals surface area contributed by atoms with Crippen LogP contribution in [0.25, 0.3) is 0 Å². The topological polar surface area (TPSA) is 58.6 Å². The number of carbonyl (C=O) groups excluding carboxylic acids is 2. The fourth-order valence-corrected chi connectivity index (χ4v) is 3.33. The number of nitrogens with one attached hydrogen (secondary N) is 1. The second kappa shape index (κ2) is 12.7. The van der Waals surface area contributed by atoms with Crippen molar-refractivity contribution in [1.82, 2.24) is 10.2 Å². The zero-order chi connectivity index (χ0) is 21.8. The molecule has 5 heteroatoms. The molecule has 0 fully saturated rings. The molecule has 0 aliphatic carbocycles. The quantitative estimate of drug-likeness (QED) is 0.525. The maximum absolute atomic E-state index is 13.1. The van der Waals surface area contributed by atoms with Gasteiger partial charge >= 0.3 is 0 Å². The van der Waals surface area contributed by atoms with E-state index < -0.39 is 6.04 Å². The van der Waals surface area contributed by atoms with Gasteiger partial charge in [-0.05, 0) is 49.4 Å². The molecule has 0 aliphatic rings. The summed E-state index contributed by atoms with van der Waals surface area (Å²) in [6.45, 7) is 7.52. The van der Waals surface area contributed by atoms with Gasteiger partial charge in [-0.3, -0.25) is 9.59 Å². The lowest BCUT2D eigenvalue weighted by Gasteiger charge is -2.31. The summed E-state index contributed by atoms with van der Waals surface area (Å²) in [4.78, 5) is 27.6. The second-order valence-electron chi connectivity index (χ2n) is 7.43. The predicted octanol–water partition coefficient (Wildman–Crippen LogP) is 4.49. The Morgan fingerprint density at radius 2 is 1.73 bits per heavy atom. The lowest BCUT2D eigenvalue weighted by molar-refractivity contribution is -0.141. The normalized spacial score (nSPS) is 11.6. The SMILES string of the molecule is CCCNC(=O)[C@H](CC)N(Cc1ccccc1C)C(=O)CCCOc1ccccc1. The Bertz CT molecular complexity index is 792. The Hall–Kier alpha value is -2.82. The Balaban J connectivity index is 2.05. The molecular weight excluding hydrogens is 376 g/mol. The van der Waals surface area contributed by atoms with Gasteiger partial charge in [-0.2, -0.15) is 0 Å². The fourth-order valence-electron chi connectivity index (χ4n) is 3.33. The van der Waals surface area contributed by atoms with Crippen LogP contribution < -0.4 is 10.1 Å². The van der Waals surface area contributed by atoms with E-state index in [0.717, 1.165) is 23.3 Å². The number of ether oxygens (including phenoxy) is 1. The van der Waals surface area contributed by atoms with Gasteiger partial charge in [0.25, 0.3) is 0 Å². The van der Waals surface area contributed by atoms with Crippen molar-refractivity contribution in [2.24, 2.45) is 0 Å². The monoisotopic (exact) mass is 410 g/mol. The third kappa shape index (κ3) is 7.21. The highest BCUT2D eigenvalue weighted by Gasteiger charge is 2.28. The molecule has 1 N–H and O–H groups in total. The lowest BCUT2D eigenvalue weighted by atomic mass is 10.1. The van der Waals surface area contributed by atoms with Crippen LogP contribution in [0.15, 0.2) is 54.6 Å². The summed E-state index contributed by atoms with van der Waals surface area (Å²) < 4.78 is 5.71. The van der Waals surface area contributed by atoms with Crippen molar-refractivity contribution in [3.8, 4) is 5.75 Å². The first-order chi connectivity index (χ1) is 14.6. The predicted molar refractivity (Wildman–Crippen MR) is 120 cm³/mol. The fraction of sp³-hybridized carbons (Fsp3) is 0.440. The number of amides is 2. The molecule has 0 saturated heterocycles. The molecule has 0 aromatic heterocycles. The van der Waals surface area contributed by atoms with Crippen LogP contribution in [0, 0.1) is 6.92 Å². The maximum Gasteiger partial charge on any atom is 0.242 e. The minimum absolute atomic E-state index is 0.0200. The second-order valence-corrected chi connectivity index (χ2v) is 7.43. The van der Waals surface area contributed by atoms with Crippen molar-refractivity contribution in [3.05, 3.63) is 65.7 Å². The first-order valence-electron chi connectivity index (χ1n) is 10.9. The third-order valence-electron chi connectivity index (χ3n) is 5.08. The van der Waals surface area contributed by atoms with Gasteiger partial charge in [0.15, 0.2) is 0 Å². The van der Waals surface area contributed by atoms with Crippen molar-refractivity contribution >= 4 is 11.8 Å². The van der Waals surface area contributed by atoms with Crippen LogP contribution in [0.1, 0.15) is 50.7 Å². The standard InChI is InChI=1S/C25H34N2O3/c1-4-17-26-25(29)23(5-2)27(19-21-13-10-9-12-20(21)3)24(28)16-11-18-30-22-14-7-6-8-15-22/h6-10,12-15,23H,4-5,11,16-19H2,1-3H3,(H,26,29)/t23-/m0/s1.